The van der Waals surface area contributed by atoms with Crippen molar-refractivity contribution in [2.75, 3.05) is 6.54 Å². The predicted octanol–water partition coefficient (Wildman–Crippen LogP) is 1.67. The SMILES string of the molecule is [C-]#[N+]c1cc2ncn(CC(=O)C[C@@H]3NCCC[C@H]3O)c(=O)c2cc1Cl. The molecule has 0 bridgehead atoms. The molecule has 0 spiro atoms. The van der Waals surface area contributed by atoms with Gasteiger partial charge in [-0.05, 0) is 31.5 Å². The molecule has 0 radical (unpaired) electrons. The molecule has 1 aromatic heterocycles. The van der Waals surface area contributed by atoms with E-state index in [1.165, 1.54) is 23.0 Å². The number of aromatic nitrogens is 2. The predicted molar refractivity (Wildman–Crippen MR) is 93.9 cm³/mol. The van der Waals surface area contributed by atoms with Crippen LogP contribution >= 0.6 is 11.6 Å². The van der Waals surface area contributed by atoms with E-state index in [-0.39, 0.29) is 46.4 Å². The summed E-state index contributed by atoms with van der Waals surface area (Å²) in [6.07, 6.45) is 2.46. The fourth-order valence-corrected chi connectivity index (χ4v) is 3.22. The summed E-state index contributed by atoms with van der Waals surface area (Å²) in [5.74, 6) is -0.162. The van der Waals surface area contributed by atoms with Crippen LogP contribution in [0.15, 0.2) is 23.3 Å². The lowest BCUT2D eigenvalue weighted by atomic mass is 9.97. The number of nitrogens with zero attached hydrogens (tertiary/aromatic N) is 3. The highest BCUT2D eigenvalue weighted by molar-refractivity contribution is 6.34. The van der Waals surface area contributed by atoms with Crippen LogP contribution in [0.2, 0.25) is 5.02 Å². The van der Waals surface area contributed by atoms with Crippen LogP contribution in [0.3, 0.4) is 0 Å². The van der Waals surface area contributed by atoms with Crippen molar-refractivity contribution in [3.05, 3.63) is 45.3 Å². The summed E-state index contributed by atoms with van der Waals surface area (Å²) < 4.78 is 1.23. The van der Waals surface area contributed by atoms with E-state index in [4.69, 9.17) is 18.2 Å². The highest BCUT2D eigenvalue weighted by atomic mass is 35.5. The van der Waals surface area contributed by atoms with E-state index < -0.39 is 6.10 Å². The van der Waals surface area contributed by atoms with Crippen LogP contribution in [0.25, 0.3) is 15.7 Å². The number of aliphatic hydroxyl groups excluding tert-OH is 1. The van der Waals surface area contributed by atoms with Gasteiger partial charge in [0.1, 0.15) is 0 Å². The Labute approximate surface area is 149 Å². The van der Waals surface area contributed by atoms with Crippen LogP contribution < -0.4 is 10.9 Å². The first-order valence-electron chi connectivity index (χ1n) is 7.99. The first-order chi connectivity index (χ1) is 12.0. The molecule has 1 aliphatic rings. The number of halogens is 1. The van der Waals surface area contributed by atoms with Crippen molar-refractivity contribution in [2.24, 2.45) is 0 Å². The molecule has 3 rings (SSSR count). The molecule has 2 heterocycles. The van der Waals surface area contributed by atoms with E-state index in [0.717, 1.165) is 13.0 Å². The van der Waals surface area contributed by atoms with E-state index in [0.29, 0.717) is 11.9 Å². The molecule has 2 N–H and O–H groups in total. The Hall–Kier alpha value is -2.27. The second kappa shape index (κ2) is 7.31. The van der Waals surface area contributed by atoms with E-state index in [1.54, 1.807) is 0 Å². The molecular formula is C17H17ClN4O3. The van der Waals surface area contributed by atoms with Crippen molar-refractivity contribution in [1.82, 2.24) is 14.9 Å². The third-order valence-corrected chi connectivity index (χ3v) is 4.66. The molecule has 0 saturated carbocycles. The average molecular weight is 361 g/mol. The Kier molecular flexibility index (Phi) is 5.13. The minimum atomic E-state index is -0.546. The molecule has 7 nitrogen and oxygen atoms in total. The lowest BCUT2D eigenvalue weighted by Gasteiger charge is -2.28. The van der Waals surface area contributed by atoms with Gasteiger partial charge in [0.15, 0.2) is 5.78 Å². The van der Waals surface area contributed by atoms with E-state index in [2.05, 4.69) is 15.1 Å². The Bertz CT molecular complexity index is 918. The van der Waals surface area contributed by atoms with Crippen LogP contribution in [-0.4, -0.2) is 39.1 Å². The molecule has 1 saturated heterocycles. The van der Waals surface area contributed by atoms with Gasteiger partial charge in [-0.25, -0.2) is 9.83 Å². The summed E-state index contributed by atoms with van der Waals surface area (Å²) in [7, 11) is 0. The van der Waals surface area contributed by atoms with E-state index in [9.17, 15) is 14.7 Å². The number of carbonyl (C=O) groups is 1. The van der Waals surface area contributed by atoms with Gasteiger partial charge in [-0.3, -0.25) is 14.2 Å². The van der Waals surface area contributed by atoms with Gasteiger partial charge in [0.2, 0.25) is 5.69 Å². The first-order valence-corrected chi connectivity index (χ1v) is 8.36. The monoisotopic (exact) mass is 360 g/mol. The maximum Gasteiger partial charge on any atom is 0.261 e. The number of carbonyl (C=O) groups excluding carboxylic acids is 1. The minimum Gasteiger partial charge on any atom is -0.391 e. The molecule has 0 unspecified atom stereocenters. The molecule has 1 aromatic carbocycles. The number of fused-ring (bicyclic) bond motifs is 1. The van der Waals surface area contributed by atoms with Gasteiger partial charge in [0.05, 0.1) is 36.5 Å². The normalized spacial score (nSPS) is 20.4. The zero-order chi connectivity index (χ0) is 18.0. The fraction of sp³-hybridized carbons (Fsp3) is 0.412. The van der Waals surface area contributed by atoms with Crippen molar-refractivity contribution in [3.63, 3.8) is 0 Å². The second-order valence-electron chi connectivity index (χ2n) is 6.12. The molecule has 2 atom stereocenters. The lowest BCUT2D eigenvalue weighted by molar-refractivity contribution is -0.121. The molecule has 25 heavy (non-hydrogen) atoms. The van der Waals surface area contributed by atoms with E-state index in [1.807, 2.05) is 0 Å². The minimum absolute atomic E-state index is 0.116. The van der Waals surface area contributed by atoms with Crippen LogP contribution in [-0.2, 0) is 11.3 Å². The van der Waals surface area contributed by atoms with Crippen molar-refractivity contribution in [3.8, 4) is 0 Å². The van der Waals surface area contributed by atoms with Crippen LogP contribution in [0.1, 0.15) is 19.3 Å². The number of hydrogen-bond donors (Lipinski definition) is 2. The Morgan fingerprint density at radius 2 is 2.32 bits per heavy atom. The topological polar surface area (TPSA) is 88.6 Å². The van der Waals surface area contributed by atoms with Gasteiger partial charge in [0, 0.05) is 17.5 Å². The zero-order valence-corrected chi connectivity index (χ0v) is 14.2. The highest BCUT2D eigenvalue weighted by Crippen LogP contribution is 2.28. The quantitative estimate of drug-likeness (QED) is 0.810. The van der Waals surface area contributed by atoms with Gasteiger partial charge < -0.3 is 10.4 Å². The number of aliphatic hydroxyl groups is 1. The van der Waals surface area contributed by atoms with Crippen molar-refractivity contribution in [1.29, 1.82) is 0 Å². The number of ketones is 1. The highest BCUT2D eigenvalue weighted by Gasteiger charge is 2.25. The molecule has 0 amide bonds. The first kappa shape index (κ1) is 17.5. The van der Waals surface area contributed by atoms with Crippen LogP contribution in [0, 0.1) is 6.57 Å². The number of hydrogen-bond acceptors (Lipinski definition) is 5. The molecule has 2 aromatic rings. The van der Waals surface area contributed by atoms with Crippen molar-refractivity contribution in [2.45, 2.75) is 38.0 Å². The number of Topliss-reactive ketones (excluding diaryl/α,β-unsaturated/α-hetero) is 1. The van der Waals surface area contributed by atoms with Gasteiger partial charge in [0.25, 0.3) is 5.56 Å². The molecule has 1 aliphatic heterocycles. The number of rotatable bonds is 4. The smallest absolute Gasteiger partial charge is 0.261 e. The maximum atomic E-state index is 12.5. The van der Waals surface area contributed by atoms with Crippen molar-refractivity contribution < 1.29 is 9.90 Å². The zero-order valence-electron chi connectivity index (χ0n) is 13.4. The summed E-state index contributed by atoms with van der Waals surface area (Å²) in [5, 5.41) is 13.5. The molecule has 8 heteroatoms. The summed E-state index contributed by atoms with van der Waals surface area (Å²) in [6.45, 7) is 7.70. The number of benzene rings is 1. The van der Waals surface area contributed by atoms with Gasteiger partial charge in [-0.15, -0.1) is 0 Å². The molecular weight excluding hydrogens is 344 g/mol. The Morgan fingerprint density at radius 3 is 3.04 bits per heavy atom. The van der Waals surface area contributed by atoms with Crippen LogP contribution in [0.5, 0.6) is 0 Å². The third-order valence-electron chi connectivity index (χ3n) is 4.36. The Balaban J connectivity index is 1.82. The molecule has 130 valence electrons. The lowest BCUT2D eigenvalue weighted by Crippen LogP contribution is -2.46. The molecule has 0 aliphatic carbocycles. The third kappa shape index (κ3) is 3.71. The average Bonchev–Trinajstić information content (AvgIpc) is 2.59. The summed E-state index contributed by atoms with van der Waals surface area (Å²) >= 11 is 5.99. The van der Waals surface area contributed by atoms with Crippen molar-refractivity contribution >= 4 is 34.0 Å². The second-order valence-corrected chi connectivity index (χ2v) is 6.53. The van der Waals surface area contributed by atoms with E-state index >= 15 is 0 Å². The van der Waals surface area contributed by atoms with Gasteiger partial charge in [-0.2, -0.15) is 0 Å². The summed E-state index contributed by atoms with van der Waals surface area (Å²) in [6, 6.07) is 2.59. The standard InChI is InChI=1S/C17H17ClN4O3/c1-19-14-7-13-11(6-12(14)18)17(25)22(9-21-13)8-10(23)5-15-16(24)3-2-4-20-15/h6-7,9,15-16,20,24H,2-5,8H2/t15-,16+/m0/s1. The Morgan fingerprint density at radius 1 is 1.52 bits per heavy atom. The number of piperidine rings is 1. The van der Waals surface area contributed by atoms with Gasteiger partial charge in [-0.1, -0.05) is 11.6 Å². The summed E-state index contributed by atoms with van der Waals surface area (Å²) in [5.41, 5.74) is 0.217. The fourth-order valence-electron chi connectivity index (χ4n) is 3.01. The maximum absolute atomic E-state index is 12.5. The van der Waals surface area contributed by atoms with Crippen LogP contribution in [0.4, 0.5) is 5.69 Å². The van der Waals surface area contributed by atoms with Gasteiger partial charge >= 0.3 is 0 Å². The number of nitrogens with one attached hydrogen (secondary N) is 1. The molecule has 1 fully saturated rings. The summed E-state index contributed by atoms with van der Waals surface area (Å²) in [4.78, 5) is 32.2. The largest absolute Gasteiger partial charge is 0.391 e.